The molecular weight excluding hydrogens is 457 g/mol. The summed E-state index contributed by atoms with van der Waals surface area (Å²) in [6.07, 6.45) is -0.777. The van der Waals surface area contributed by atoms with Crippen molar-refractivity contribution >= 4 is 45.9 Å². The van der Waals surface area contributed by atoms with Gasteiger partial charge in [-0.3, -0.25) is 0 Å². The van der Waals surface area contributed by atoms with Gasteiger partial charge in [-0.25, -0.2) is 4.79 Å². The molecule has 0 bridgehead atoms. The highest BCUT2D eigenvalue weighted by molar-refractivity contribution is 14.1. The number of carbonyl (C=O) groups is 1. The topological polar surface area (TPSA) is 57.1 Å². The molecule has 0 saturated heterocycles. The van der Waals surface area contributed by atoms with Crippen LogP contribution in [-0.4, -0.2) is 17.8 Å². The summed E-state index contributed by atoms with van der Waals surface area (Å²) >= 11 is 8.33. The molecule has 2 aromatic carbocycles. The summed E-state index contributed by atoms with van der Waals surface area (Å²) in [5, 5.41) is 4.15. The van der Waals surface area contributed by atoms with Crippen LogP contribution in [0.1, 0.15) is 20.8 Å². The molecule has 5 nitrogen and oxygen atoms in total. The van der Waals surface area contributed by atoms with E-state index in [0.717, 1.165) is 3.57 Å². The zero-order valence-electron chi connectivity index (χ0n) is 14.0. The number of hydrogen-bond donors (Lipinski definition) is 0. The lowest BCUT2D eigenvalue weighted by molar-refractivity contribution is -0.151. The minimum Gasteiger partial charge on any atom is -0.479 e. The van der Waals surface area contributed by atoms with Crippen LogP contribution in [0.4, 0.5) is 0 Å². The first-order valence-electron chi connectivity index (χ1n) is 7.47. The Hall–Kier alpha value is -1.80. The molecule has 0 amide bonds. The fraction of sp³-hybridized carbons (Fsp3) is 0.222. The molecular formula is C18H17ClINO4. The lowest BCUT2D eigenvalue weighted by atomic mass is 10.3. The normalized spacial score (nSPS) is 11.4. The third kappa shape index (κ3) is 6.21. The minimum atomic E-state index is -0.777. The van der Waals surface area contributed by atoms with E-state index in [4.69, 9.17) is 25.9 Å². The third-order valence-electron chi connectivity index (χ3n) is 2.91. The summed E-state index contributed by atoms with van der Waals surface area (Å²) < 4.78 is 12.3. The summed E-state index contributed by atoms with van der Waals surface area (Å²) in [6, 6.07) is 12.4. The molecule has 0 aromatic heterocycles. The van der Waals surface area contributed by atoms with Crippen molar-refractivity contribution in [3.8, 4) is 17.2 Å². The van der Waals surface area contributed by atoms with Crippen molar-refractivity contribution in [3.05, 3.63) is 51.1 Å². The van der Waals surface area contributed by atoms with Crippen LogP contribution in [0.15, 0.2) is 47.6 Å². The Morgan fingerprint density at radius 3 is 2.36 bits per heavy atom. The number of rotatable bonds is 6. The van der Waals surface area contributed by atoms with Gasteiger partial charge in [-0.05, 0) is 85.8 Å². The average molecular weight is 474 g/mol. The van der Waals surface area contributed by atoms with Gasteiger partial charge in [0.1, 0.15) is 17.2 Å². The first-order chi connectivity index (χ1) is 11.8. The third-order valence-corrected chi connectivity index (χ3v) is 3.87. The average Bonchev–Trinajstić information content (AvgIpc) is 2.56. The van der Waals surface area contributed by atoms with Crippen molar-refractivity contribution in [2.75, 3.05) is 0 Å². The van der Waals surface area contributed by atoms with E-state index in [1.165, 1.54) is 0 Å². The van der Waals surface area contributed by atoms with Crippen LogP contribution < -0.4 is 9.47 Å². The summed E-state index contributed by atoms with van der Waals surface area (Å²) in [5.41, 5.74) is 0.649. The number of ether oxygens (including phenoxy) is 2. The fourth-order valence-corrected chi connectivity index (χ4v) is 2.63. The highest BCUT2D eigenvalue weighted by Crippen LogP contribution is 2.31. The van der Waals surface area contributed by atoms with Crippen LogP contribution in [-0.2, 0) is 9.63 Å². The standard InChI is InChI=1S/C18H17ClINO4/c1-11(2)21-25-18(22)12(3)23-14-5-7-15(8-6-14)24-17-9-4-13(20)10-16(17)19/h4-10,12H,1-3H3. The van der Waals surface area contributed by atoms with E-state index >= 15 is 0 Å². The Morgan fingerprint density at radius 2 is 1.76 bits per heavy atom. The Morgan fingerprint density at radius 1 is 1.12 bits per heavy atom. The molecule has 1 unspecified atom stereocenters. The number of carbonyl (C=O) groups excluding carboxylic acids is 1. The van der Waals surface area contributed by atoms with Crippen LogP contribution in [0.5, 0.6) is 17.2 Å². The lowest BCUT2D eigenvalue weighted by Crippen LogP contribution is -2.24. The van der Waals surface area contributed by atoms with Crippen molar-refractivity contribution in [1.82, 2.24) is 0 Å². The van der Waals surface area contributed by atoms with Gasteiger partial charge in [0, 0.05) is 3.57 Å². The van der Waals surface area contributed by atoms with Gasteiger partial charge >= 0.3 is 5.97 Å². The molecule has 0 N–H and O–H groups in total. The molecule has 0 saturated carbocycles. The molecule has 2 rings (SSSR count). The molecule has 25 heavy (non-hydrogen) atoms. The van der Waals surface area contributed by atoms with E-state index < -0.39 is 12.1 Å². The second-order valence-electron chi connectivity index (χ2n) is 5.36. The number of hydrogen-bond acceptors (Lipinski definition) is 5. The molecule has 0 radical (unpaired) electrons. The van der Waals surface area contributed by atoms with Crippen LogP contribution in [0.2, 0.25) is 5.02 Å². The van der Waals surface area contributed by atoms with Crippen LogP contribution in [0.25, 0.3) is 0 Å². The Kier molecular flexibility index (Phi) is 7.07. The van der Waals surface area contributed by atoms with Gasteiger partial charge in [0.15, 0.2) is 6.10 Å². The molecule has 1 atom stereocenters. The van der Waals surface area contributed by atoms with Gasteiger partial charge in [0.05, 0.1) is 10.7 Å². The van der Waals surface area contributed by atoms with Crippen molar-refractivity contribution < 1.29 is 19.1 Å². The highest BCUT2D eigenvalue weighted by Gasteiger charge is 2.17. The fourth-order valence-electron chi connectivity index (χ4n) is 1.73. The van der Waals surface area contributed by atoms with Gasteiger partial charge in [-0.1, -0.05) is 16.8 Å². The van der Waals surface area contributed by atoms with Crippen LogP contribution >= 0.6 is 34.2 Å². The molecule has 0 spiro atoms. The van der Waals surface area contributed by atoms with Crippen molar-refractivity contribution in [3.63, 3.8) is 0 Å². The first-order valence-corrected chi connectivity index (χ1v) is 8.92. The minimum absolute atomic E-state index is 0.516. The molecule has 0 aliphatic rings. The molecule has 2 aromatic rings. The summed E-state index contributed by atoms with van der Waals surface area (Å²) in [6.45, 7) is 5.06. The van der Waals surface area contributed by atoms with Crippen LogP contribution in [0.3, 0.4) is 0 Å². The Bertz CT molecular complexity index is 773. The molecule has 0 aliphatic heterocycles. The van der Waals surface area contributed by atoms with Crippen molar-refractivity contribution in [2.45, 2.75) is 26.9 Å². The van der Waals surface area contributed by atoms with Gasteiger partial charge in [-0.2, -0.15) is 0 Å². The van der Waals surface area contributed by atoms with Gasteiger partial charge in [0.25, 0.3) is 0 Å². The van der Waals surface area contributed by atoms with E-state index in [0.29, 0.717) is 28.0 Å². The summed E-state index contributed by atoms with van der Waals surface area (Å²) in [5.74, 6) is 1.13. The summed E-state index contributed by atoms with van der Waals surface area (Å²) in [4.78, 5) is 16.5. The van der Waals surface area contributed by atoms with E-state index in [1.807, 2.05) is 18.2 Å². The Labute approximate surface area is 165 Å². The molecule has 7 heteroatoms. The monoisotopic (exact) mass is 473 g/mol. The smallest absolute Gasteiger partial charge is 0.374 e. The second-order valence-corrected chi connectivity index (χ2v) is 7.01. The molecule has 0 aliphatic carbocycles. The quantitative estimate of drug-likeness (QED) is 0.242. The van der Waals surface area contributed by atoms with Gasteiger partial charge in [-0.15, -0.1) is 0 Å². The summed E-state index contributed by atoms with van der Waals surface area (Å²) in [7, 11) is 0. The van der Waals surface area contributed by atoms with E-state index in [1.54, 1.807) is 45.0 Å². The van der Waals surface area contributed by atoms with E-state index in [2.05, 4.69) is 27.7 Å². The zero-order chi connectivity index (χ0) is 18.4. The maximum absolute atomic E-state index is 11.7. The van der Waals surface area contributed by atoms with E-state index in [9.17, 15) is 4.79 Å². The van der Waals surface area contributed by atoms with Gasteiger partial charge in [0.2, 0.25) is 0 Å². The molecule has 0 heterocycles. The SMILES string of the molecule is CC(C)=NOC(=O)C(C)Oc1ccc(Oc2ccc(I)cc2Cl)cc1. The lowest BCUT2D eigenvalue weighted by Gasteiger charge is -2.13. The highest BCUT2D eigenvalue weighted by atomic mass is 127. The van der Waals surface area contributed by atoms with Gasteiger partial charge < -0.3 is 14.3 Å². The predicted octanol–water partition coefficient (Wildman–Crippen LogP) is 5.44. The second kappa shape index (κ2) is 9.05. The maximum Gasteiger partial charge on any atom is 0.374 e. The number of nitrogens with zero attached hydrogens (tertiary/aromatic N) is 1. The molecule has 0 fully saturated rings. The Balaban J connectivity index is 1.97. The largest absolute Gasteiger partial charge is 0.479 e. The van der Waals surface area contributed by atoms with Crippen molar-refractivity contribution in [1.29, 1.82) is 0 Å². The number of oxime groups is 1. The maximum atomic E-state index is 11.7. The number of halogens is 2. The van der Waals surface area contributed by atoms with Crippen molar-refractivity contribution in [2.24, 2.45) is 5.16 Å². The molecule has 132 valence electrons. The van der Waals surface area contributed by atoms with E-state index in [-0.39, 0.29) is 0 Å². The number of benzene rings is 2. The first kappa shape index (κ1) is 19.5. The zero-order valence-corrected chi connectivity index (χ0v) is 16.9. The predicted molar refractivity (Wildman–Crippen MR) is 106 cm³/mol. The van der Waals surface area contributed by atoms with Crippen LogP contribution in [0, 0.1) is 3.57 Å².